The molecule has 190 valence electrons. The standard InChI is InChI=1S/C21H27N2.C9H9.2ClH.Ru/c1-14-9-16(3)20(17(4)10-14)22-7-8-23(13-22)21-18(5)11-15(2)12-19(21)6;1-7-4-5-8(2)9(3)6-7;;;/h9-13H,7-8H2,1-6H3;3-6H,2H2,1H3;2*1H;/q2*-1;;;+2/p-2. The van der Waals surface area contributed by atoms with E-state index in [-0.39, 0.29) is 0 Å². The van der Waals surface area contributed by atoms with E-state index in [1.54, 1.807) is 0 Å². The molecule has 0 aromatic heterocycles. The zero-order chi connectivity index (χ0) is 25.9. The van der Waals surface area contributed by atoms with Gasteiger partial charge in [-0.05, 0) is 63.8 Å². The van der Waals surface area contributed by atoms with E-state index in [0.717, 1.165) is 24.2 Å². The summed E-state index contributed by atoms with van der Waals surface area (Å²) in [5.74, 6) is 0. The molecule has 0 aliphatic carbocycles. The monoisotopic (exact) mass is 596 g/mol. The second-order valence-corrected chi connectivity index (χ2v) is 15.2. The van der Waals surface area contributed by atoms with Gasteiger partial charge in [0.15, 0.2) is 0 Å². The van der Waals surface area contributed by atoms with Crippen LogP contribution in [0.3, 0.4) is 0 Å². The SMILES string of the molecule is Cc1cc(C)c(N2[CH-]N(c3c(C)cc(C)cc3C)CC2)c(C)c1.[CH2-]c1ccc(C)cc1[CH]=[Ru]([Cl])[Cl]. The summed E-state index contributed by atoms with van der Waals surface area (Å²) >= 11 is -1.70. The van der Waals surface area contributed by atoms with Crippen molar-refractivity contribution in [1.82, 2.24) is 0 Å². The van der Waals surface area contributed by atoms with Crippen LogP contribution in [-0.4, -0.2) is 17.7 Å². The molecule has 3 aromatic rings. The Hall–Kier alpha value is -1.80. The maximum atomic E-state index is 5.76. The van der Waals surface area contributed by atoms with Gasteiger partial charge in [-0.2, -0.15) is 6.67 Å². The van der Waals surface area contributed by atoms with Gasteiger partial charge in [-0.1, -0.05) is 35.4 Å². The fourth-order valence-corrected chi connectivity index (χ4v) is 6.84. The third-order valence-corrected chi connectivity index (χ3v) is 8.03. The van der Waals surface area contributed by atoms with Gasteiger partial charge in [0.2, 0.25) is 0 Å². The number of benzene rings is 3. The first-order valence-electron chi connectivity index (χ1n) is 11.8. The molecule has 1 saturated heterocycles. The Morgan fingerprint density at radius 3 is 1.54 bits per heavy atom. The van der Waals surface area contributed by atoms with E-state index in [2.05, 4.69) is 89.2 Å². The normalized spacial score (nSPS) is 13.5. The maximum absolute atomic E-state index is 5.76. The first-order chi connectivity index (χ1) is 16.5. The van der Waals surface area contributed by atoms with Gasteiger partial charge in [-0.15, -0.1) is 0 Å². The van der Waals surface area contributed by atoms with Crippen molar-refractivity contribution in [2.75, 3.05) is 22.9 Å². The van der Waals surface area contributed by atoms with Crippen LogP contribution in [0.5, 0.6) is 0 Å². The molecule has 0 unspecified atom stereocenters. The van der Waals surface area contributed by atoms with Crippen molar-refractivity contribution >= 4 is 35.4 Å². The van der Waals surface area contributed by atoms with Gasteiger partial charge in [0, 0.05) is 24.5 Å². The minimum atomic E-state index is -1.70. The Balaban J connectivity index is 0.000000241. The number of hydrogen-bond acceptors (Lipinski definition) is 2. The Kier molecular flexibility index (Phi) is 9.49. The summed E-state index contributed by atoms with van der Waals surface area (Å²) in [5.41, 5.74) is 14.1. The number of anilines is 2. The van der Waals surface area contributed by atoms with E-state index in [1.807, 2.05) is 29.7 Å². The number of nitrogens with zero attached hydrogens (tertiary/aromatic N) is 2. The average Bonchev–Trinajstić information content (AvgIpc) is 3.18. The van der Waals surface area contributed by atoms with Crippen LogP contribution in [0.4, 0.5) is 11.4 Å². The van der Waals surface area contributed by atoms with Crippen LogP contribution in [0.15, 0.2) is 42.5 Å². The summed E-state index contributed by atoms with van der Waals surface area (Å²) in [4.78, 5) is 4.81. The molecule has 0 radical (unpaired) electrons. The topological polar surface area (TPSA) is 6.48 Å². The fourth-order valence-electron chi connectivity index (χ4n) is 4.98. The Bertz CT molecular complexity index is 1140. The van der Waals surface area contributed by atoms with Crippen LogP contribution in [0.25, 0.3) is 0 Å². The van der Waals surface area contributed by atoms with Crippen molar-refractivity contribution < 1.29 is 13.5 Å². The second kappa shape index (κ2) is 12.0. The van der Waals surface area contributed by atoms with Crippen LogP contribution in [0.1, 0.15) is 50.1 Å². The quantitative estimate of drug-likeness (QED) is 0.222. The van der Waals surface area contributed by atoms with E-state index in [1.165, 1.54) is 50.3 Å². The van der Waals surface area contributed by atoms with Crippen molar-refractivity contribution in [3.05, 3.63) is 106 Å². The molecule has 2 nitrogen and oxygen atoms in total. The van der Waals surface area contributed by atoms with Gasteiger partial charge in [-0.25, -0.2) is 0 Å². The van der Waals surface area contributed by atoms with E-state index >= 15 is 0 Å². The molecule has 35 heavy (non-hydrogen) atoms. The van der Waals surface area contributed by atoms with Crippen molar-refractivity contribution in [3.8, 4) is 0 Å². The molecule has 0 bridgehead atoms. The van der Waals surface area contributed by atoms with Crippen LogP contribution in [0, 0.1) is 62.1 Å². The molecule has 3 aromatic carbocycles. The second-order valence-electron chi connectivity index (χ2n) is 9.51. The van der Waals surface area contributed by atoms with Crippen LogP contribution >= 0.6 is 19.4 Å². The Morgan fingerprint density at radius 1 is 0.714 bits per heavy atom. The molecule has 1 fully saturated rings. The van der Waals surface area contributed by atoms with Crippen molar-refractivity contribution in [1.29, 1.82) is 0 Å². The summed E-state index contributed by atoms with van der Waals surface area (Å²) in [7, 11) is 11.5. The molecule has 0 amide bonds. The van der Waals surface area contributed by atoms with Crippen LogP contribution in [-0.2, 0) is 13.5 Å². The summed E-state index contributed by atoms with van der Waals surface area (Å²) in [6.07, 6.45) is 0. The zero-order valence-electron chi connectivity index (χ0n) is 21.8. The third kappa shape index (κ3) is 7.13. The summed E-state index contributed by atoms with van der Waals surface area (Å²) in [6.45, 7) is 23.5. The first kappa shape index (κ1) is 27.8. The van der Waals surface area contributed by atoms with Crippen molar-refractivity contribution in [3.63, 3.8) is 0 Å². The molecule has 0 saturated carbocycles. The van der Waals surface area contributed by atoms with Gasteiger partial charge >= 0.3 is 86.2 Å². The number of rotatable bonds is 3. The number of halogens is 2. The van der Waals surface area contributed by atoms with Crippen LogP contribution < -0.4 is 9.80 Å². The Morgan fingerprint density at radius 2 is 1.14 bits per heavy atom. The summed E-state index contributed by atoms with van der Waals surface area (Å²) < 4.78 is 1.92. The molecule has 0 N–H and O–H groups in total. The third-order valence-electron chi connectivity index (χ3n) is 6.19. The molecule has 1 aliphatic heterocycles. The molecule has 1 aliphatic rings. The van der Waals surface area contributed by atoms with Gasteiger partial charge in [0.05, 0.1) is 0 Å². The van der Waals surface area contributed by atoms with Crippen molar-refractivity contribution in [2.24, 2.45) is 0 Å². The Labute approximate surface area is 225 Å². The van der Waals surface area contributed by atoms with Crippen molar-refractivity contribution in [2.45, 2.75) is 48.5 Å². The van der Waals surface area contributed by atoms with Crippen LogP contribution in [0.2, 0.25) is 0 Å². The fraction of sp³-hybridized carbons (Fsp3) is 0.300. The van der Waals surface area contributed by atoms with Gasteiger partial charge in [-0.3, -0.25) is 0 Å². The molecular formula is C30H36Cl2N2Ru-2. The predicted molar refractivity (Wildman–Crippen MR) is 153 cm³/mol. The number of aryl methyl sites for hydroxylation is 7. The average molecular weight is 597 g/mol. The predicted octanol–water partition coefficient (Wildman–Crippen LogP) is 8.24. The van der Waals surface area contributed by atoms with E-state index in [0.29, 0.717) is 0 Å². The van der Waals surface area contributed by atoms with Gasteiger partial charge < -0.3 is 9.80 Å². The van der Waals surface area contributed by atoms with Gasteiger partial charge in [0.1, 0.15) is 0 Å². The summed E-state index contributed by atoms with van der Waals surface area (Å²) in [5, 5.41) is 0. The molecule has 0 spiro atoms. The molecule has 4 rings (SSSR count). The van der Waals surface area contributed by atoms with Gasteiger partial charge in [0.25, 0.3) is 0 Å². The zero-order valence-corrected chi connectivity index (χ0v) is 25.1. The first-order valence-corrected chi connectivity index (χ1v) is 17.2. The number of hydrogen-bond donors (Lipinski definition) is 0. The molecule has 5 heteroatoms. The molecule has 0 atom stereocenters. The van der Waals surface area contributed by atoms with E-state index in [9.17, 15) is 0 Å². The van der Waals surface area contributed by atoms with E-state index in [4.69, 9.17) is 19.4 Å². The molecular weight excluding hydrogens is 560 g/mol. The van der Waals surface area contributed by atoms with E-state index < -0.39 is 13.5 Å². The minimum absolute atomic E-state index is 0.987. The molecule has 1 heterocycles. The summed E-state index contributed by atoms with van der Waals surface area (Å²) in [6, 6.07) is 15.2.